The number of carbonyl (C=O) groups is 1. The first kappa shape index (κ1) is 20.0. The van der Waals surface area contributed by atoms with Gasteiger partial charge in [0.2, 0.25) is 0 Å². The number of benzene rings is 1. The summed E-state index contributed by atoms with van der Waals surface area (Å²) >= 11 is 0. The van der Waals surface area contributed by atoms with Crippen molar-refractivity contribution in [2.24, 2.45) is 0 Å². The van der Waals surface area contributed by atoms with Gasteiger partial charge in [0.05, 0.1) is 24.8 Å². The average Bonchev–Trinajstić information content (AvgIpc) is 2.57. The molecule has 130 valence electrons. The van der Waals surface area contributed by atoms with Gasteiger partial charge in [-0.2, -0.15) is 0 Å². The van der Waals surface area contributed by atoms with Gasteiger partial charge in [-0.05, 0) is 31.5 Å². The van der Waals surface area contributed by atoms with Crippen LogP contribution < -0.4 is 0 Å². The number of aldehydes is 1. The van der Waals surface area contributed by atoms with Crippen LogP contribution in [0, 0.1) is 0 Å². The van der Waals surface area contributed by atoms with E-state index in [-0.39, 0.29) is 18.2 Å². The van der Waals surface area contributed by atoms with Gasteiger partial charge in [-0.15, -0.1) is 0 Å². The lowest BCUT2D eigenvalue weighted by Gasteiger charge is -2.37. The van der Waals surface area contributed by atoms with E-state index in [0.717, 1.165) is 16.7 Å². The third-order valence-corrected chi connectivity index (χ3v) is 4.94. The van der Waals surface area contributed by atoms with E-state index in [0.29, 0.717) is 13.2 Å². The summed E-state index contributed by atoms with van der Waals surface area (Å²) in [7, 11) is 2.29. The molecule has 0 bridgehead atoms. The summed E-state index contributed by atoms with van der Waals surface area (Å²) in [5.74, 6) is 0. The fourth-order valence-corrected chi connectivity index (χ4v) is 3.11. The van der Waals surface area contributed by atoms with E-state index in [1.807, 2.05) is 38.1 Å². The van der Waals surface area contributed by atoms with E-state index in [1.165, 1.54) is 0 Å². The van der Waals surface area contributed by atoms with Gasteiger partial charge in [-0.3, -0.25) is 9.11 Å². The molecule has 0 saturated carbocycles. The van der Waals surface area contributed by atoms with Gasteiger partial charge < -0.3 is 14.3 Å². The van der Waals surface area contributed by atoms with Crippen molar-refractivity contribution in [3.63, 3.8) is 0 Å². The van der Waals surface area contributed by atoms with Crippen molar-refractivity contribution in [1.29, 1.82) is 0 Å². The Morgan fingerprint density at radius 2 is 1.83 bits per heavy atom. The van der Waals surface area contributed by atoms with Crippen LogP contribution in [0.15, 0.2) is 29.2 Å². The molecule has 0 fully saturated rings. The molecule has 23 heavy (non-hydrogen) atoms. The summed E-state index contributed by atoms with van der Waals surface area (Å²) in [6.45, 7) is 5.00. The standard InChI is InChI=1S/C17H27NO4S/c1-13(12-19)18(10-11-21-3)17(14(2)22-4)15-6-8-16(9-7-15)23(5)20/h6-9,12-14,17H,10-11H2,1-5H3. The first-order valence-corrected chi connectivity index (χ1v) is 9.18. The van der Waals surface area contributed by atoms with Crippen molar-refractivity contribution in [3.8, 4) is 0 Å². The zero-order valence-corrected chi connectivity index (χ0v) is 15.3. The van der Waals surface area contributed by atoms with Crippen LogP contribution >= 0.6 is 0 Å². The number of hydrogen-bond acceptors (Lipinski definition) is 5. The lowest BCUT2D eigenvalue weighted by molar-refractivity contribution is -0.114. The SMILES string of the molecule is COCCN(C(C)C=O)C(c1ccc(S(C)=O)cc1)C(C)OC. The van der Waals surface area contributed by atoms with Crippen LogP contribution in [0.2, 0.25) is 0 Å². The Bertz CT molecular complexity index is 506. The Balaban J connectivity index is 3.18. The molecule has 4 unspecified atom stereocenters. The monoisotopic (exact) mass is 341 g/mol. The maximum absolute atomic E-state index is 11.6. The minimum Gasteiger partial charge on any atom is -0.383 e. The maximum Gasteiger partial charge on any atom is 0.136 e. The summed E-state index contributed by atoms with van der Waals surface area (Å²) in [5.41, 5.74) is 1.03. The van der Waals surface area contributed by atoms with Crippen molar-refractivity contribution in [1.82, 2.24) is 4.90 Å². The van der Waals surface area contributed by atoms with Gasteiger partial charge in [-0.25, -0.2) is 0 Å². The molecule has 1 rings (SSSR count). The fraction of sp³-hybridized carbons (Fsp3) is 0.588. The number of ether oxygens (including phenoxy) is 2. The molecule has 0 aliphatic rings. The number of carbonyl (C=O) groups excluding carboxylic acids is 1. The molecular formula is C17H27NO4S. The lowest BCUT2D eigenvalue weighted by atomic mass is 9.99. The second-order valence-corrected chi connectivity index (χ2v) is 6.90. The van der Waals surface area contributed by atoms with Crippen molar-refractivity contribution in [2.75, 3.05) is 33.6 Å². The molecule has 1 aromatic rings. The zero-order chi connectivity index (χ0) is 17.4. The summed E-state index contributed by atoms with van der Waals surface area (Å²) < 4.78 is 22.3. The van der Waals surface area contributed by atoms with Gasteiger partial charge in [0, 0.05) is 42.7 Å². The van der Waals surface area contributed by atoms with Gasteiger partial charge in [0.15, 0.2) is 0 Å². The molecule has 0 spiro atoms. The minimum atomic E-state index is -1.01. The highest BCUT2D eigenvalue weighted by molar-refractivity contribution is 7.84. The predicted molar refractivity (Wildman–Crippen MR) is 92.1 cm³/mol. The largest absolute Gasteiger partial charge is 0.383 e. The van der Waals surface area contributed by atoms with Crippen LogP contribution in [0.25, 0.3) is 0 Å². The topological polar surface area (TPSA) is 55.8 Å². The first-order chi connectivity index (χ1) is 11.0. The molecule has 5 nitrogen and oxygen atoms in total. The summed E-state index contributed by atoms with van der Waals surface area (Å²) in [5, 5.41) is 0. The van der Waals surface area contributed by atoms with E-state index < -0.39 is 10.8 Å². The molecular weight excluding hydrogens is 314 g/mol. The van der Waals surface area contributed by atoms with E-state index in [2.05, 4.69) is 4.90 Å². The Labute approximate surface area is 141 Å². The van der Waals surface area contributed by atoms with Crippen LogP contribution in [0.4, 0.5) is 0 Å². The summed E-state index contributed by atoms with van der Waals surface area (Å²) in [6, 6.07) is 7.28. The molecule has 0 aromatic heterocycles. The summed E-state index contributed by atoms with van der Waals surface area (Å²) in [4.78, 5) is 14.2. The van der Waals surface area contributed by atoms with Gasteiger partial charge in [0.25, 0.3) is 0 Å². The van der Waals surface area contributed by atoms with Crippen molar-refractivity contribution in [3.05, 3.63) is 29.8 Å². The molecule has 0 saturated heterocycles. The Morgan fingerprint density at radius 1 is 1.22 bits per heavy atom. The van der Waals surface area contributed by atoms with E-state index in [9.17, 15) is 9.00 Å². The predicted octanol–water partition coefficient (Wildman–Crippen LogP) is 2.04. The van der Waals surface area contributed by atoms with E-state index in [4.69, 9.17) is 9.47 Å². The van der Waals surface area contributed by atoms with Crippen LogP contribution in [0.3, 0.4) is 0 Å². The first-order valence-electron chi connectivity index (χ1n) is 7.62. The number of hydrogen-bond donors (Lipinski definition) is 0. The Morgan fingerprint density at radius 3 is 2.26 bits per heavy atom. The molecule has 0 N–H and O–H groups in total. The molecule has 4 atom stereocenters. The third-order valence-electron chi connectivity index (χ3n) is 4.00. The molecule has 0 radical (unpaired) electrons. The number of nitrogens with zero attached hydrogens (tertiary/aromatic N) is 1. The fourth-order valence-electron chi connectivity index (χ4n) is 2.59. The quantitative estimate of drug-likeness (QED) is 0.610. The van der Waals surface area contributed by atoms with Crippen molar-refractivity contribution in [2.45, 2.75) is 36.9 Å². The summed E-state index contributed by atoms with van der Waals surface area (Å²) in [6.07, 6.45) is 2.48. The zero-order valence-electron chi connectivity index (χ0n) is 14.5. The number of rotatable bonds is 10. The van der Waals surface area contributed by atoms with Crippen LogP contribution in [0.1, 0.15) is 25.5 Å². The lowest BCUT2D eigenvalue weighted by Crippen LogP contribution is -2.44. The Hall–Kier alpha value is -1.08. The van der Waals surface area contributed by atoms with Crippen molar-refractivity contribution >= 4 is 17.1 Å². The molecule has 0 heterocycles. The third kappa shape index (κ3) is 5.49. The van der Waals surface area contributed by atoms with E-state index in [1.54, 1.807) is 20.5 Å². The highest BCUT2D eigenvalue weighted by Gasteiger charge is 2.29. The minimum absolute atomic E-state index is 0.0882. The second kappa shape index (κ2) is 9.93. The molecule has 1 aromatic carbocycles. The maximum atomic E-state index is 11.6. The highest BCUT2D eigenvalue weighted by atomic mass is 32.2. The van der Waals surface area contributed by atoms with Gasteiger partial charge in [0.1, 0.15) is 6.29 Å². The van der Waals surface area contributed by atoms with Crippen LogP contribution in [-0.4, -0.2) is 61.2 Å². The molecule has 0 aliphatic heterocycles. The van der Waals surface area contributed by atoms with Gasteiger partial charge in [-0.1, -0.05) is 12.1 Å². The molecule has 6 heteroatoms. The normalized spacial score (nSPS) is 16.8. The van der Waals surface area contributed by atoms with Gasteiger partial charge >= 0.3 is 0 Å². The van der Waals surface area contributed by atoms with Crippen molar-refractivity contribution < 1.29 is 18.5 Å². The van der Waals surface area contributed by atoms with Crippen LogP contribution in [0.5, 0.6) is 0 Å². The number of methoxy groups -OCH3 is 2. The molecule has 0 amide bonds. The molecule has 0 aliphatic carbocycles. The highest BCUT2D eigenvalue weighted by Crippen LogP contribution is 2.28. The smallest absolute Gasteiger partial charge is 0.136 e. The second-order valence-electron chi connectivity index (χ2n) is 5.52. The van der Waals surface area contributed by atoms with E-state index >= 15 is 0 Å². The Kier molecular flexibility index (Phi) is 8.62. The van der Waals surface area contributed by atoms with Crippen LogP contribution in [-0.2, 0) is 25.1 Å². The average molecular weight is 341 g/mol.